The largest absolute Gasteiger partial charge is 0.432 e. The van der Waals surface area contributed by atoms with E-state index in [1.54, 1.807) is 0 Å². The van der Waals surface area contributed by atoms with Crippen molar-refractivity contribution in [2.75, 3.05) is 6.54 Å². The van der Waals surface area contributed by atoms with E-state index in [4.69, 9.17) is 5.73 Å². The van der Waals surface area contributed by atoms with Crippen LogP contribution < -0.4 is 5.73 Å². The second-order valence-corrected chi connectivity index (χ2v) is 3.77. The Morgan fingerprint density at radius 3 is 2.40 bits per heavy atom. The predicted octanol–water partition coefficient (Wildman–Crippen LogP) is 2.13. The van der Waals surface area contributed by atoms with Gasteiger partial charge in [0.05, 0.1) is 6.20 Å². The molecule has 0 fully saturated rings. The van der Waals surface area contributed by atoms with Crippen molar-refractivity contribution >= 4 is 0 Å². The number of rotatable bonds is 3. The smallest absolute Gasteiger partial charge is 0.338 e. The van der Waals surface area contributed by atoms with E-state index >= 15 is 0 Å². The van der Waals surface area contributed by atoms with Crippen LogP contribution in [-0.2, 0) is 6.18 Å². The van der Waals surface area contributed by atoms with Gasteiger partial charge in [-0.05, 0) is 5.92 Å². The molecule has 0 aromatic carbocycles. The fraction of sp³-hybridized carbons (Fsp3) is 0.667. The van der Waals surface area contributed by atoms with E-state index < -0.39 is 11.9 Å². The molecule has 1 rings (SSSR count). The maximum absolute atomic E-state index is 12.3. The van der Waals surface area contributed by atoms with Crippen LogP contribution in [0.4, 0.5) is 13.2 Å². The fourth-order valence-electron chi connectivity index (χ4n) is 1.37. The number of aromatic nitrogens is 2. The molecule has 6 heteroatoms. The Hall–Kier alpha value is -1.04. The molecular formula is C9H14F3N3. The molecule has 0 amide bonds. The zero-order valence-electron chi connectivity index (χ0n) is 8.60. The second kappa shape index (κ2) is 4.22. The van der Waals surface area contributed by atoms with Crippen LogP contribution >= 0.6 is 0 Å². The maximum Gasteiger partial charge on any atom is 0.432 e. The summed E-state index contributed by atoms with van der Waals surface area (Å²) in [6.45, 7) is 4.07. The van der Waals surface area contributed by atoms with Gasteiger partial charge in [-0.1, -0.05) is 13.8 Å². The molecule has 3 nitrogen and oxygen atoms in total. The van der Waals surface area contributed by atoms with E-state index in [1.807, 2.05) is 13.8 Å². The van der Waals surface area contributed by atoms with Crippen LogP contribution in [0.1, 0.15) is 31.3 Å². The topological polar surface area (TPSA) is 54.7 Å². The van der Waals surface area contributed by atoms with Crippen molar-refractivity contribution in [3.63, 3.8) is 0 Å². The summed E-state index contributed by atoms with van der Waals surface area (Å²) in [6.07, 6.45) is -3.57. The van der Waals surface area contributed by atoms with Crippen LogP contribution in [0.3, 0.4) is 0 Å². The first-order valence-corrected chi connectivity index (χ1v) is 4.68. The Kier molecular flexibility index (Phi) is 3.38. The molecule has 0 bridgehead atoms. The number of halogens is 3. The highest BCUT2D eigenvalue weighted by atomic mass is 19.4. The van der Waals surface area contributed by atoms with Crippen molar-refractivity contribution in [1.82, 2.24) is 9.97 Å². The summed E-state index contributed by atoms with van der Waals surface area (Å²) in [6, 6.07) is 0. The molecule has 0 spiro atoms. The van der Waals surface area contributed by atoms with Crippen molar-refractivity contribution in [3.05, 3.63) is 17.7 Å². The maximum atomic E-state index is 12.3. The minimum atomic E-state index is -4.37. The van der Waals surface area contributed by atoms with E-state index in [9.17, 15) is 13.2 Å². The Balaban J connectivity index is 2.92. The molecule has 0 saturated carbocycles. The molecular weight excluding hydrogens is 207 g/mol. The van der Waals surface area contributed by atoms with Gasteiger partial charge >= 0.3 is 6.18 Å². The average molecular weight is 221 g/mol. The molecule has 1 atom stereocenters. The highest BCUT2D eigenvalue weighted by Crippen LogP contribution is 2.29. The van der Waals surface area contributed by atoms with Crippen molar-refractivity contribution in [3.8, 4) is 0 Å². The second-order valence-electron chi connectivity index (χ2n) is 3.77. The van der Waals surface area contributed by atoms with Crippen LogP contribution in [0.15, 0.2) is 6.20 Å². The van der Waals surface area contributed by atoms with Gasteiger partial charge in [-0.15, -0.1) is 0 Å². The van der Waals surface area contributed by atoms with Gasteiger partial charge in [-0.3, -0.25) is 0 Å². The monoisotopic (exact) mass is 221 g/mol. The quantitative estimate of drug-likeness (QED) is 0.821. The highest BCUT2D eigenvalue weighted by Gasteiger charge is 2.33. The molecule has 1 unspecified atom stereocenters. The number of alkyl halides is 3. The zero-order valence-corrected chi connectivity index (χ0v) is 8.60. The summed E-state index contributed by atoms with van der Waals surface area (Å²) < 4.78 is 36.8. The van der Waals surface area contributed by atoms with Gasteiger partial charge in [0.15, 0.2) is 0 Å². The summed E-state index contributed by atoms with van der Waals surface area (Å²) in [5, 5.41) is 0. The SMILES string of the molecule is CC(C)C(CN)c1ncc(C(F)(F)F)[nH]1. The Morgan fingerprint density at radius 1 is 1.47 bits per heavy atom. The van der Waals surface area contributed by atoms with Crippen LogP contribution in [0.25, 0.3) is 0 Å². The summed E-state index contributed by atoms with van der Waals surface area (Å²) in [5.74, 6) is 0.295. The number of H-pyrrole nitrogens is 1. The van der Waals surface area contributed by atoms with Crippen LogP contribution in [0.2, 0.25) is 0 Å². The number of hydrogen-bond acceptors (Lipinski definition) is 2. The third-order valence-corrected chi connectivity index (χ3v) is 2.31. The van der Waals surface area contributed by atoms with Crippen LogP contribution in [0.5, 0.6) is 0 Å². The fourth-order valence-corrected chi connectivity index (χ4v) is 1.37. The molecule has 1 aromatic heterocycles. The molecule has 86 valence electrons. The van der Waals surface area contributed by atoms with Crippen molar-refractivity contribution in [2.24, 2.45) is 11.7 Å². The molecule has 1 heterocycles. The summed E-state index contributed by atoms with van der Waals surface area (Å²) >= 11 is 0. The number of imidazole rings is 1. The third kappa shape index (κ3) is 2.71. The minimum Gasteiger partial charge on any atom is -0.338 e. The van der Waals surface area contributed by atoms with Gasteiger partial charge in [0.25, 0.3) is 0 Å². The van der Waals surface area contributed by atoms with E-state index in [1.165, 1.54) is 0 Å². The van der Waals surface area contributed by atoms with Gasteiger partial charge in [0.2, 0.25) is 0 Å². The van der Waals surface area contributed by atoms with Gasteiger partial charge in [0, 0.05) is 12.5 Å². The molecule has 0 radical (unpaired) electrons. The number of nitrogens with two attached hydrogens (primary N) is 1. The lowest BCUT2D eigenvalue weighted by molar-refractivity contribution is -0.141. The molecule has 0 aliphatic heterocycles. The molecule has 0 aliphatic carbocycles. The first-order chi connectivity index (χ1) is 6.86. The van der Waals surface area contributed by atoms with Gasteiger partial charge < -0.3 is 10.7 Å². The standard InChI is InChI=1S/C9H14F3N3/c1-5(2)6(3-13)8-14-4-7(15-8)9(10,11)12/h4-6H,3,13H2,1-2H3,(H,14,15). The van der Waals surface area contributed by atoms with Crippen molar-refractivity contribution < 1.29 is 13.2 Å². The lowest BCUT2D eigenvalue weighted by Gasteiger charge is -2.15. The first-order valence-electron chi connectivity index (χ1n) is 4.68. The molecule has 15 heavy (non-hydrogen) atoms. The Bertz CT molecular complexity index is 317. The highest BCUT2D eigenvalue weighted by molar-refractivity contribution is 5.09. The molecule has 0 aliphatic rings. The Labute approximate surface area is 85.9 Å². The first kappa shape index (κ1) is 12.0. The lowest BCUT2D eigenvalue weighted by Crippen LogP contribution is -2.19. The van der Waals surface area contributed by atoms with E-state index in [0.717, 1.165) is 6.20 Å². The van der Waals surface area contributed by atoms with Crippen LogP contribution in [-0.4, -0.2) is 16.5 Å². The lowest BCUT2D eigenvalue weighted by atomic mass is 9.95. The molecule has 3 N–H and O–H groups in total. The predicted molar refractivity (Wildman–Crippen MR) is 50.2 cm³/mol. The van der Waals surface area contributed by atoms with E-state index in [-0.39, 0.29) is 18.4 Å². The summed E-state index contributed by atoms with van der Waals surface area (Å²) in [4.78, 5) is 5.99. The number of aromatic amines is 1. The van der Waals surface area contributed by atoms with E-state index in [2.05, 4.69) is 9.97 Å². The van der Waals surface area contributed by atoms with E-state index in [0.29, 0.717) is 5.82 Å². The van der Waals surface area contributed by atoms with Gasteiger partial charge in [-0.25, -0.2) is 4.98 Å². The van der Waals surface area contributed by atoms with Gasteiger partial charge in [0.1, 0.15) is 11.5 Å². The number of nitrogens with one attached hydrogen (secondary N) is 1. The van der Waals surface area contributed by atoms with Crippen molar-refractivity contribution in [1.29, 1.82) is 0 Å². The van der Waals surface area contributed by atoms with Crippen LogP contribution in [0, 0.1) is 5.92 Å². The average Bonchev–Trinajstić information content (AvgIpc) is 2.52. The number of nitrogens with zero attached hydrogens (tertiary/aromatic N) is 1. The number of hydrogen-bond donors (Lipinski definition) is 2. The van der Waals surface area contributed by atoms with Gasteiger partial charge in [-0.2, -0.15) is 13.2 Å². The molecule has 1 aromatic rings. The summed E-state index contributed by atoms with van der Waals surface area (Å²) in [5.41, 5.74) is 4.66. The Morgan fingerprint density at radius 2 is 2.07 bits per heavy atom. The normalized spacial score (nSPS) is 14.6. The zero-order chi connectivity index (χ0) is 11.6. The summed E-state index contributed by atoms with van der Waals surface area (Å²) in [7, 11) is 0. The molecule has 0 saturated heterocycles. The van der Waals surface area contributed by atoms with Crippen molar-refractivity contribution in [2.45, 2.75) is 25.9 Å². The third-order valence-electron chi connectivity index (χ3n) is 2.31. The minimum absolute atomic E-state index is 0.155.